The molecule has 0 fully saturated rings. The Bertz CT molecular complexity index is 1150. The number of aromatic nitrogens is 2. The zero-order valence-electron chi connectivity index (χ0n) is 19.7. The second-order valence-corrected chi connectivity index (χ2v) is 9.99. The molecule has 0 aliphatic heterocycles. The molecular formula is C24H30ClN3O4S. The van der Waals surface area contributed by atoms with Crippen molar-refractivity contribution in [3.8, 4) is 11.6 Å². The normalized spacial score (nSPS) is 13.9. The van der Waals surface area contributed by atoms with Gasteiger partial charge in [-0.25, -0.2) is 4.98 Å². The molecule has 9 heteroatoms. The van der Waals surface area contributed by atoms with Crippen LogP contribution in [0.25, 0.3) is 0 Å². The van der Waals surface area contributed by atoms with Gasteiger partial charge in [0.05, 0.1) is 24.8 Å². The number of alkyl halides is 1. The first-order chi connectivity index (χ1) is 15.6. The van der Waals surface area contributed by atoms with Gasteiger partial charge in [-0.3, -0.25) is 8.74 Å². The molecule has 0 aliphatic carbocycles. The number of hydrogen-bond donors (Lipinski definition) is 2. The fraction of sp³-hybridized carbons (Fsp3) is 0.333. The van der Waals surface area contributed by atoms with Gasteiger partial charge in [-0.15, -0.1) is 11.6 Å². The number of benzene rings is 2. The molecular weight excluding hydrogens is 462 g/mol. The van der Waals surface area contributed by atoms with Crippen LogP contribution in [-0.2, 0) is 16.5 Å². The monoisotopic (exact) mass is 491 g/mol. The Kier molecular flexibility index (Phi) is 7.74. The third-order valence-corrected chi connectivity index (χ3v) is 7.65. The van der Waals surface area contributed by atoms with E-state index in [1.165, 1.54) is 7.11 Å². The average Bonchev–Trinajstić information content (AvgIpc) is 2.75. The van der Waals surface area contributed by atoms with E-state index in [1.807, 2.05) is 58.0 Å². The molecule has 3 aromatic rings. The van der Waals surface area contributed by atoms with Crippen molar-refractivity contribution in [1.29, 1.82) is 0 Å². The summed E-state index contributed by atoms with van der Waals surface area (Å²) in [6.45, 7) is 7.66. The number of hydrogen-bond acceptors (Lipinski definition) is 7. The highest BCUT2D eigenvalue weighted by atomic mass is 35.5. The Morgan fingerprint density at radius 2 is 1.70 bits per heavy atom. The van der Waals surface area contributed by atoms with E-state index in [-0.39, 0.29) is 11.8 Å². The van der Waals surface area contributed by atoms with Gasteiger partial charge < -0.3 is 14.7 Å². The van der Waals surface area contributed by atoms with Crippen molar-refractivity contribution >= 4 is 28.4 Å². The van der Waals surface area contributed by atoms with Crippen LogP contribution in [0.4, 0.5) is 5.95 Å². The standard InChI is InChI=1S/C24H30ClN3O4S/c1-14-9-15(2)22(16(3)10-14)33(29,31-6)32-23-20(17(4)27-24(26)28-23)12-19-8-7-18(13-25)11-21(19)30-5/h7-11,29H,12-13H2,1-6H3,(H2,26,27,28). The molecule has 1 unspecified atom stereocenters. The fourth-order valence-corrected chi connectivity index (χ4v) is 5.68. The van der Waals surface area contributed by atoms with Crippen molar-refractivity contribution < 1.29 is 17.7 Å². The van der Waals surface area contributed by atoms with E-state index in [9.17, 15) is 4.55 Å². The minimum atomic E-state index is -3.16. The van der Waals surface area contributed by atoms with E-state index in [4.69, 9.17) is 30.4 Å². The van der Waals surface area contributed by atoms with Gasteiger partial charge >= 0.3 is 0 Å². The number of nitrogen functional groups attached to an aromatic ring is 1. The number of nitrogens with zero attached hydrogens (tertiary/aromatic N) is 2. The molecule has 0 amide bonds. The predicted octanol–water partition coefficient (Wildman–Crippen LogP) is 5.82. The summed E-state index contributed by atoms with van der Waals surface area (Å²) in [5.41, 5.74) is 11.9. The van der Waals surface area contributed by atoms with Gasteiger partial charge in [-0.1, -0.05) is 29.8 Å². The minimum Gasteiger partial charge on any atom is -0.496 e. The van der Waals surface area contributed by atoms with Gasteiger partial charge in [0.15, 0.2) is 10.9 Å². The number of methoxy groups -OCH3 is 1. The third-order valence-electron chi connectivity index (χ3n) is 5.35. The summed E-state index contributed by atoms with van der Waals surface area (Å²) in [4.78, 5) is 9.22. The van der Waals surface area contributed by atoms with E-state index in [0.717, 1.165) is 27.8 Å². The zero-order chi connectivity index (χ0) is 24.3. The molecule has 1 heterocycles. The van der Waals surface area contributed by atoms with Crippen LogP contribution in [0, 0.1) is 27.7 Å². The quantitative estimate of drug-likeness (QED) is 0.383. The lowest BCUT2D eigenvalue weighted by Crippen LogP contribution is -2.16. The predicted molar refractivity (Wildman–Crippen MR) is 133 cm³/mol. The van der Waals surface area contributed by atoms with Crippen molar-refractivity contribution in [3.05, 3.63) is 69.4 Å². The SMILES string of the molecule is COc1cc(CCl)ccc1Cc1c(C)nc(N)nc1OS(O)(OC)c1c(C)cc(C)cc1C. The molecule has 178 valence electrons. The lowest BCUT2D eigenvalue weighted by molar-refractivity contribution is 0.319. The smallest absolute Gasteiger partial charge is 0.239 e. The highest BCUT2D eigenvalue weighted by Crippen LogP contribution is 2.56. The van der Waals surface area contributed by atoms with Crippen LogP contribution in [0.1, 0.15) is 39.1 Å². The Balaban J connectivity index is 2.09. The molecule has 7 nitrogen and oxygen atoms in total. The van der Waals surface area contributed by atoms with Crippen molar-refractivity contribution in [2.24, 2.45) is 0 Å². The Labute approximate surface area is 201 Å². The maximum Gasteiger partial charge on any atom is 0.239 e. The Morgan fingerprint density at radius 1 is 1.03 bits per heavy atom. The van der Waals surface area contributed by atoms with Gasteiger partial charge in [-0.2, -0.15) is 4.98 Å². The second-order valence-electron chi connectivity index (χ2n) is 7.86. The van der Waals surface area contributed by atoms with Gasteiger partial charge in [-0.05, 0) is 56.0 Å². The molecule has 0 saturated carbocycles. The Morgan fingerprint density at radius 3 is 2.27 bits per heavy atom. The van der Waals surface area contributed by atoms with Gasteiger partial charge in [0.25, 0.3) is 0 Å². The van der Waals surface area contributed by atoms with Crippen molar-refractivity contribution in [2.45, 2.75) is 44.9 Å². The maximum absolute atomic E-state index is 11.5. The number of anilines is 1. The van der Waals surface area contributed by atoms with Gasteiger partial charge in [0.1, 0.15) is 5.75 Å². The summed E-state index contributed by atoms with van der Waals surface area (Å²) < 4.78 is 28.8. The first-order valence-electron chi connectivity index (χ1n) is 10.3. The average molecular weight is 492 g/mol. The fourth-order valence-electron chi connectivity index (χ4n) is 3.91. The van der Waals surface area contributed by atoms with Crippen LogP contribution in [0.2, 0.25) is 0 Å². The second kappa shape index (κ2) is 10.2. The topological polar surface area (TPSA) is 99.7 Å². The molecule has 33 heavy (non-hydrogen) atoms. The van der Waals surface area contributed by atoms with E-state index >= 15 is 0 Å². The molecule has 3 N–H and O–H groups in total. The summed E-state index contributed by atoms with van der Waals surface area (Å²) >= 11 is 5.97. The van der Waals surface area contributed by atoms with E-state index in [2.05, 4.69) is 9.97 Å². The summed E-state index contributed by atoms with van der Waals surface area (Å²) in [6.07, 6.45) is 0.401. The highest BCUT2D eigenvalue weighted by molar-refractivity contribution is 8.21. The maximum atomic E-state index is 11.5. The summed E-state index contributed by atoms with van der Waals surface area (Å²) in [5.74, 6) is 1.29. The lowest BCUT2D eigenvalue weighted by atomic mass is 10.0. The first kappa shape index (κ1) is 25.1. The molecule has 1 aromatic heterocycles. The van der Waals surface area contributed by atoms with Crippen LogP contribution >= 0.6 is 22.5 Å². The Hall–Kier alpha value is -2.52. The van der Waals surface area contributed by atoms with Crippen LogP contribution in [0.15, 0.2) is 35.2 Å². The molecule has 0 saturated heterocycles. The number of ether oxygens (including phenoxy) is 1. The number of halogens is 1. The molecule has 2 aromatic carbocycles. The van der Waals surface area contributed by atoms with Gasteiger partial charge in [0, 0.05) is 17.9 Å². The third kappa shape index (κ3) is 5.35. The van der Waals surface area contributed by atoms with Gasteiger partial charge in [0.2, 0.25) is 11.8 Å². The van der Waals surface area contributed by atoms with E-state index in [1.54, 1.807) is 7.11 Å². The molecule has 3 rings (SSSR count). The summed E-state index contributed by atoms with van der Waals surface area (Å²) in [5, 5.41) is 0. The molecule has 1 atom stereocenters. The lowest BCUT2D eigenvalue weighted by Gasteiger charge is -2.34. The van der Waals surface area contributed by atoms with Crippen LogP contribution in [-0.4, -0.2) is 28.7 Å². The van der Waals surface area contributed by atoms with Crippen LogP contribution < -0.4 is 14.7 Å². The van der Waals surface area contributed by atoms with E-state index < -0.39 is 10.9 Å². The molecule has 0 aliphatic rings. The largest absolute Gasteiger partial charge is 0.496 e. The van der Waals surface area contributed by atoms with Crippen molar-refractivity contribution in [1.82, 2.24) is 9.97 Å². The number of aryl methyl sites for hydroxylation is 4. The minimum absolute atomic E-state index is 0.0471. The number of nitrogens with two attached hydrogens (primary N) is 1. The zero-order valence-corrected chi connectivity index (χ0v) is 21.3. The van der Waals surface area contributed by atoms with E-state index in [0.29, 0.717) is 34.2 Å². The molecule has 0 radical (unpaired) electrons. The molecule has 0 spiro atoms. The first-order valence-corrected chi connectivity index (χ1v) is 12.3. The summed E-state index contributed by atoms with van der Waals surface area (Å²) in [6, 6.07) is 9.74. The van der Waals surface area contributed by atoms with Crippen molar-refractivity contribution in [3.63, 3.8) is 0 Å². The number of rotatable bonds is 8. The van der Waals surface area contributed by atoms with Crippen molar-refractivity contribution in [2.75, 3.05) is 20.0 Å². The van der Waals surface area contributed by atoms with Crippen LogP contribution in [0.3, 0.4) is 0 Å². The summed E-state index contributed by atoms with van der Waals surface area (Å²) in [7, 11) is -0.132. The van der Waals surface area contributed by atoms with Crippen LogP contribution in [0.5, 0.6) is 11.6 Å². The molecule has 0 bridgehead atoms. The highest BCUT2D eigenvalue weighted by Gasteiger charge is 2.32.